The highest BCUT2D eigenvalue weighted by Crippen LogP contribution is 2.42. The van der Waals surface area contributed by atoms with Gasteiger partial charge in [-0.1, -0.05) is 30.3 Å². The van der Waals surface area contributed by atoms with Gasteiger partial charge in [0.15, 0.2) is 5.65 Å². The predicted molar refractivity (Wildman–Crippen MR) is 144 cm³/mol. The van der Waals surface area contributed by atoms with Crippen molar-refractivity contribution in [3.05, 3.63) is 35.6 Å². The lowest BCUT2D eigenvalue weighted by atomic mass is 9.73. The molecule has 3 fully saturated rings. The van der Waals surface area contributed by atoms with E-state index < -0.39 is 0 Å². The Balaban J connectivity index is 1.17. The van der Waals surface area contributed by atoms with Crippen LogP contribution in [0.1, 0.15) is 33.1 Å². The van der Waals surface area contributed by atoms with Gasteiger partial charge in [0.25, 0.3) is 0 Å². The van der Waals surface area contributed by atoms with E-state index in [1.165, 1.54) is 18.2 Å². The molecule has 3 aliphatic heterocycles. The Morgan fingerprint density at radius 1 is 1.08 bits per heavy atom. The molecule has 0 bridgehead atoms. The van der Waals surface area contributed by atoms with E-state index in [1.54, 1.807) is 0 Å². The number of hydrogen-bond donors (Lipinski definition) is 1. The second kappa shape index (κ2) is 9.59. The van der Waals surface area contributed by atoms with Crippen LogP contribution < -0.4 is 15.5 Å². The summed E-state index contributed by atoms with van der Waals surface area (Å²) in [6, 6.07) is 6.03. The molecule has 6 heterocycles. The Hall–Kier alpha value is -2.20. The average molecular weight is 526 g/mol. The maximum Gasteiger partial charge on any atom is 0.179 e. The fourth-order valence-electron chi connectivity index (χ4n) is 5.70. The molecule has 0 radical (unpaired) electrons. The fourth-order valence-corrected chi connectivity index (χ4v) is 6.85. The van der Waals surface area contributed by atoms with Gasteiger partial charge in [-0.2, -0.15) is 0 Å². The number of fused-ring (bicyclic) bond motifs is 1. The van der Waals surface area contributed by atoms with Crippen LogP contribution in [0.15, 0.2) is 40.5 Å². The van der Waals surface area contributed by atoms with Crippen LogP contribution in [0.2, 0.25) is 5.02 Å². The lowest BCUT2D eigenvalue weighted by molar-refractivity contribution is 0.0974. The molecule has 0 saturated carbocycles. The zero-order valence-corrected chi connectivity index (χ0v) is 22.3. The van der Waals surface area contributed by atoms with Crippen molar-refractivity contribution in [2.24, 2.45) is 17.1 Å². The highest BCUT2D eigenvalue weighted by molar-refractivity contribution is 7.99. The van der Waals surface area contributed by atoms with Crippen LogP contribution in [-0.4, -0.2) is 64.9 Å². The summed E-state index contributed by atoms with van der Waals surface area (Å²) in [6.45, 7) is 8.90. The molecule has 0 aliphatic carbocycles. The molecule has 0 unspecified atom stereocenters. The first-order valence-corrected chi connectivity index (χ1v) is 13.9. The summed E-state index contributed by atoms with van der Waals surface area (Å²) in [7, 11) is 0. The number of nitrogens with two attached hydrogens (primary N) is 1. The van der Waals surface area contributed by atoms with Gasteiger partial charge in [-0.25, -0.2) is 19.9 Å². The summed E-state index contributed by atoms with van der Waals surface area (Å²) in [4.78, 5) is 24.4. The van der Waals surface area contributed by atoms with Crippen LogP contribution in [-0.2, 0) is 4.74 Å². The molecule has 3 aliphatic rings. The van der Waals surface area contributed by atoms with Crippen molar-refractivity contribution in [2.45, 2.75) is 55.2 Å². The lowest BCUT2D eigenvalue weighted by Gasteiger charge is -2.41. The Labute approximate surface area is 221 Å². The number of pyridine rings is 2. The Bertz CT molecular complexity index is 1270. The predicted octanol–water partition coefficient (Wildman–Crippen LogP) is 4.40. The largest absolute Gasteiger partial charge is 0.376 e. The van der Waals surface area contributed by atoms with E-state index in [-0.39, 0.29) is 17.6 Å². The quantitative estimate of drug-likeness (QED) is 0.531. The van der Waals surface area contributed by atoms with Crippen LogP contribution in [0.3, 0.4) is 0 Å². The SMILES string of the molecule is C[C@@H]1CCN(c2nccc(Sc3ccc4nc(N5CCC6(CC5)CO[C@@H](C)[C@H]6N)cnc4n3)c2Cl)C1. The first-order valence-electron chi connectivity index (χ1n) is 12.8. The van der Waals surface area contributed by atoms with E-state index in [4.69, 9.17) is 32.0 Å². The van der Waals surface area contributed by atoms with Gasteiger partial charge < -0.3 is 20.3 Å². The van der Waals surface area contributed by atoms with Gasteiger partial charge in [0.05, 0.1) is 23.9 Å². The number of aromatic nitrogens is 4. The van der Waals surface area contributed by atoms with Crippen LogP contribution in [0, 0.1) is 11.3 Å². The Morgan fingerprint density at radius 3 is 2.64 bits per heavy atom. The van der Waals surface area contributed by atoms with Crippen molar-refractivity contribution in [2.75, 3.05) is 42.6 Å². The molecule has 1 spiro atoms. The molecule has 36 heavy (non-hydrogen) atoms. The normalized spacial score (nSPS) is 25.8. The third kappa shape index (κ3) is 4.40. The molecule has 10 heteroatoms. The minimum absolute atomic E-state index is 0.0923. The second-order valence-corrected chi connectivity index (χ2v) is 11.9. The molecule has 0 aromatic carbocycles. The zero-order valence-electron chi connectivity index (χ0n) is 20.7. The summed E-state index contributed by atoms with van der Waals surface area (Å²) >= 11 is 8.31. The summed E-state index contributed by atoms with van der Waals surface area (Å²) in [6.07, 6.45) is 6.98. The third-order valence-electron chi connectivity index (χ3n) is 8.07. The van der Waals surface area contributed by atoms with E-state index >= 15 is 0 Å². The van der Waals surface area contributed by atoms with E-state index in [0.29, 0.717) is 16.6 Å². The summed E-state index contributed by atoms with van der Waals surface area (Å²) in [5.74, 6) is 2.41. The molecule has 0 amide bonds. The number of nitrogens with zero attached hydrogens (tertiary/aromatic N) is 6. The molecule has 8 nitrogen and oxygen atoms in total. The maximum absolute atomic E-state index is 6.77. The number of rotatable bonds is 4. The second-order valence-electron chi connectivity index (χ2n) is 10.5. The number of piperidine rings is 1. The van der Waals surface area contributed by atoms with Gasteiger partial charge >= 0.3 is 0 Å². The van der Waals surface area contributed by atoms with E-state index in [2.05, 4.69) is 33.6 Å². The van der Waals surface area contributed by atoms with Crippen LogP contribution in [0.4, 0.5) is 11.6 Å². The monoisotopic (exact) mass is 525 g/mol. The number of anilines is 2. The first kappa shape index (κ1) is 24.2. The number of halogens is 1. The van der Waals surface area contributed by atoms with Gasteiger partial charge in [0.1, 0.15) is 22.2 Å². The van der Waals surface area contributed by atoms with Crippen molar-refractivity contribution in [3.8, 4) is 0 Å². The molecule has 3 saturated heterocycles. The topological polar surface area (TPSA) is 93.3 Å². The molecule has 3 aromatic heterocycles. The summed E-state index contributed by atoms with van der Waals surface area (Å²) in [5.41, 5.74) is 7.99. The van der Waals surface area contributed by atoms with Crippen molar-refractivity contribution >= 4 is 46.2 Å². The lowest BCUT2D eigenvalue weighted by Crippen LogP contribution is -2.50. The molecule has 3 aromatic rings. The molecular formula is C26H32ClN7OS. The highest BCUT2D eigenvalue weighted by Gasteiger charge is 2.47. The van der Waals surface area contributed by atoms with Crippen molar-refractivity contribution < 1.29 is 4.74 Å². The highest BCUT2D eigenvalue weighted by atomic mass is 35.5. The third-order valence-corrected chi connectivity index (χ3v) is 9.55. The van der Waals surface area contributed by atoms with Gasteiger partial charge in [0, 0.05) is 48.7 Å². The van der Waals surface area contributed by atoms with Crippen molar-refractivity contribution in [1.82, 2.24) is 19.9 Å². The minimum Gasteiger partial charge on any atom is -0.376 e. The van der Waals surface area contributed by atoms with Gasteiger partial charge in [-0.3, -0.25) is 0 Å². The minimum atomic E-state index is 0.0923. The van der Waals surface area contributed by atoms with E-state index in [0.717, 1.165) is 72.7 Å². The molecule has 190 valence electrons. The zero-order chi connectivity index (χ0) is 24.9. The molecule has 3 atom stereocenters. The summed E-state index contributed by atoms with van der Waals surface area (Å²) in [5, 5.41) is 1.52. The fraction of sp³-hybridized carbons (Fsp3) is 0.538. The van der Waals surface area contributed by atoms with Gasteiger partial charge in [-0.15, -0.1) is 0 Å². The van der Waals surface area contributed by atoms with Crippen molar-refractivity contribution in [3.63, 3.8) is 0 Å². The average Bonchev–Trinajstić information content (AvgIpc) is 3.44. The standard InChI is InChI=1S/C26H32ClN7OS/c1-16-6-10-34(14-16)25-22(27)19(5-9-29-25)36-21-4-3-18-24(32-21)30-13-20(31-18)33-11-7-26(8-12-33)15-35-17(2)23(26)28/h3-5,9,13,16-17,23H,6-8,10-12,14-15,28H2,1-2H3/t16-,17+,23-/m1/s1. The van der Waals surface area contributed by atoms with Gasteiger partial charge in [-0.05, 0) is 50.3 Å². The molecular weight excluding hydrogens is 494 g/mol. The van der Waals surface area contributed by atoms with E-state index in [1.807, 2.05) is 30.6 Å². The summed E-state index contributed by atoms with van der Waals surface area (Å²) < 4.78 is 5.86. The van der Waals surface area contributed by atoms with Crippen LogP contribution in [0.5, 0.6) is 0 Å². The number of ether oxygens (including phenoxy) is 1. The number of hydrogen-bond acceptors (Lipinski definition) is 9. The maximum atomic E-state index is 6.77. The Morgan fingerprint density at radius 2 is 1.92 bits per heavy atom. The van der Waals surface area contributed by atoms with Crippen LogP contribution in [0.25, 0.3) is 11.2 Å². The molecule has 6 rings (SSSR count). The Kier molecular flexibility index (Phi) is 6.44. The van der Waals surface area contributed by atoms with Crippen LogP contribution >= 0.6 is 23.4 Å². The van der Waals surface area contributed by atoms with Gasteiger partial charge in [0.2, 0.25) is 0 Å². The smallest absolute Gasteiger partial charge is 0.179 e. The molecule has 2 N–H and O–H groups in total. The van der Waals surface area contributed by atoms with Crippen molar-refractivity contribution in [1.29, 1.82) is 0 Å². The first-order chi connectivity index (χ1) is 17.4. The van der Waals surface area contributed by atoms with E-state index in [9.17, 15) is 0 Å².